The molecule has 1 heterocycles. The highest BCUT2D eigenvalue weighted by molar-refractivity contribution is 9.09. The lowest BCUT2D eigenvalue weighted by atomic mass is 10.2. The van der Waals surface area contributed by atoms with Gasteiger partial charge < -0.3 is 14.2 Å². The Balaban J connectivity index is 0.000000385. The third kappa shape index (κ3) is 8.07. The minimum atomic E-state index is -0.368. The maximum Gasteiger partial charge on any atom is 0.293 e. The van der Waals surface area contributed by atoms with Crippen LogP contribution in [0.5, 0.6) is 0 Å². The van der Waals surface area contributed by atoms with E-state index in [0.717, 1.165) is 13.0 Å². The van der Waals surface area contributed by atoms with Crippen molar-refractivity contribution in [1.82, 2.24) is 0 Å². The van der Waals surface area contributed by atoms with Gasteiger partial charge in [0.25, 0.3) is 6.47 Å². The zero-order valence-electron chi connectivity index (χ0n) is 10.4. The first-order valence-electron chi connectivity index (χ1n) is 5.42. The molecule has 0 N–H and O–H groups in total. The molecule has 0 aliphatic carbocycles. The topological polar surface area (TPSA) is 44.8 Å². The molecule has 1 rings (SSSR count). The van der Waals surface area contributed by atoms with Gasteiger partial charge in [-0.3, -0.25) is 4.79 Å². The van der Waals surface area contributed by atoms with E-state index in [4.69, 9.17) is 9.47 Å². The molecule has 1 aliphatic rings. The van der Waals surface area contributed by atoms with Crippen molar-refractivity contribution >= 4 is 22.4 Å². The SMILES string of the molecule is CC(Br)CC1COC(C)(C)O1.CCOC=O. The minimum absolute atomic E-state index is 0.263. The predicted molar refractivity (Wildman–Crippen MR) is 65.6 cm³/mol. The quantitative estimate of drug-likeness (QED) is 0.591. The highest BCUT2D eigenvalue weighted by Gasteiger charge is 2.32. The molecule has 0 radical (unpaired) electrons. The lowest BCUT2D eigenvalue weighted by Crippen LogP contribution is -2.22. The Morgan fingerprint density at radius 2 is 2.25 bits per heavy atom. The second-order valence-corrected chi connectivity index (χ2v) is 5.58. The number of hydrogen-bond acceptors (Lipinski definition) is 4. The monoisotopic (exact) mass is 296 g/mol. The molecule has 16 heavy (non-hydrogen) atoms. The summed E-state index contributed by atoms with van der Waals surface area (Å²) in [5.41, 5.74) is 0. The lowest BCUT2D eigenvalue weighted by Gasteiger charge is -2.17. The average molecular weight is 297 g/mol. The van der Waals surface area contributed by atoms with Gasteiger partial charge >= 0.3 is 0 Å². The first kappa shape index (κ1) is 15.9. The summed E-state index contributed by atoms with van der Waals surface area (Å²) in [7, 11) is 0. The fourth-order valence-corrected chi connectivity index (χ4v) is 1.73. The molecule has 0 saturated carbocycles. The van der Waals surface area contributed by atoms with Crippen molar-refractivity contribution in [1.29, 1.82) is 0 Å². The van der Waals surface area contributed by atoms with Crippen LogP contribution < -0.4 is 0 Å². The largest absolute Gasteiger partial charge is 0.468 e. The van der Waals surface area contributed by atoms with Crippen LogP contribution in [0.4, 0.5) is 0 Å². The first-order valence-corrected chi connectivity index (χ1v) is 6.34. The van der Waals surface area contributed by atoms with Crippen LogP contribution in [-0.4, -0.2) is 36.4 Å². The summed E-state index contributed by atoms with van der Waals surface area (Å²) in [5, 5.41) is 0. The van der Waals surface area contributed by atoms with Gasteiger partial charge in [-0.25, -0.2) is 0 Å². The van der Waals surface area contributed by atoms with Crippen molar-refractivity contribution in [2.75, 3.05) is 13.2 Å². The fourth-order valence-electron chi connectivity index (χ4n) is 1.31. The number of alkyl halides is 1. The second kappa shape index (κ2) is 8.03. The van der Waals surface area contributed by atoms with E-state index >= 15 is 0 Å². The maximum absolute atomic E-state index is 9.18. The number of carbonyl (C=O) groups is 1. The number of carbonyl (C=O) groups excluding carboxylic acids is 1. The van der Waals surface area contributed by atoms with Gasteiger partial charge in [-0.15, -0.1) is 0 Å². The van der Waals surface area contributed by atoms with Crippen LogP contribution >= 0.6 is 15.9 Å². The van der Waals surface area contributed by atoms with Crippen LogP contribution in [0.1, 0.15) is 34.1 Å². The van der Waals surface area contributed by atoms with E-state index in [1.807, 2.05) is 13.8 Å². The van der Waals surface area contributed by atoms with E-state index in [9.17, 15) is 4.79 Å². The number of halogens is 1. The summed E-state index contributed by atoms with van der Waals surface area (Å²) in [6, 6.07) is 0. The average Bonchev–Trinajstić information content (AvgIpc) is 2.46. The van der Waals surface area contributed by atoms with Crippen molar-refractivity contribution in [3.05, 3.63) is 0 Å². The van der Waals surface area contributed by atoms with Crippen LogP contribution in [0, 0.1) is 0 Å². The summed E-state index contributed by atoms with van der Waals surface area (Å²) in [5.74, 6) is -0.368. The van der Waals surface area contributed by atoms with Gasteiger partial charge in [0, 0.05) is 4.83 Å². The normalized spacial score (nSPS) is 24.2. The molecule has 0 amide bonds. The minimum Gasteiger partial charge on any atom is -0.468 e. The first-order chi connectivity index (χ1) is 7.41. The van der Waals surface area contributed by atoms with Gasteiger partial charge in [-0.2, -0.15) is 0 Å². The van der Waals surface area contributed by atoms with Crippen LogP contribution in [0.15, 0.2) is 0 Å². The Kier molecular flexibility index (Phi) is 7.97. The molecule has 1 aliphatic heterocycles. The number of rotatable bonds is 4. The van der Waals surface area contributed by atoms with Gasteiger partial charge in [0.05, 0.1) is 19.3 Å². The van der Waals surface area contributed by atoms with E-state index in [0.29, 0.717) is 17.9 Å². The van der Waals surface area contributed by atoms with Crippen LogP contribution in [0.3, 0.4) is 0 Å². The van der Waals surface area contributed by atoms with Gasteiger partial charge in [0.15, 0.2) is 5.79 Å². The summed E-state index contributed by atoms with van der Waals surface area (Å²) in [4.78, 5) is 9.69. The molecular formula is C11H21BrO4. The summed E-state index contributed by atoms with van der Waals surface area (Å²) >= 11 is 3.49. The molecule has 0 aromatic carbocycles. The maximum atomic E-state index is 9.18. The van der Waals surface area contributed by atoms with Crippen molar-refractivity contribution in [3.8, 4) is 0 Å². The van der Waals surface area contributed by atoms with Crippen molar-refractivity contribution < 1.29 is 19.0 Å². The van der Waals surface area contributed by atoms with Crippen molar-refractivity contribution in [3.63, 3.8) is 0 Å². The molecule has 0 spiro atoms. The molecule has 4 nitrogen and oxygen atoms in total. The second-order valence-electron chi connectivity index (χ2n) is 4.02. The van der Waals surface area contributed by atoms with E-state index < -0.39 is 0 Å². The Hall–Kier alpha value is -0.130. The van der Waals surface area contributed by atoms with Gasteiger partial charge in [0.2, 0.25) is 0 Å². The molecule has 0 bridgehead atoms. The Morgan fingerprint density at radius 3 is 2.50 bits per heavy atom. The zero-order valence-corrected chi connectivity index (χ0v) is 12.0. The van der Waals surface area contributed by atoms with E-state index in [2.05, 4.69) is 27.6 Å². The number of ether oxygens (including phenoxy) is 3. The summed E-state index contributed by atoms with van der Waals surface area (Å²) in [6.07, 6.45) is 1.28. The van der Waals surface area contributed by atoms with E-state index in [1.165, 1.54) is 0 Å². The predicted octanol–water partition coefficient (Wildman–Crippen LogP) is 2.49. The molecular weight excluding hydrogens is 276 g/mol. The van der Waals surface area contributed by atoms with E-state index in [1.54, 1.807) is 6.92 Å². The van der Waals surface area contributed by atoms with Gasteiger partial charge in [0.1, 0.15) is 0 Å². The molecule has 2 atom stereocenters. The van der Waals surface area contributed by atoms with Crippen LogP contribution in [0.2, 0.25) is 0 Å². The van der Waals surface area contributed by atoms with E-state index in [-0.39, 0.29) is 11.9 Å². The molecule has 0 aromatic rings. The fraction of sp³-hybridized carbons (Fsp3) is 0.909. The Labute approximate surface area is 106 Å². The number of hydrogen-bond donors (Lipinski definition) is 0. The highest BCUT2D eigenvalue weighted by Crippen LogP contribution is 2.25. The Morgan fingerprint density at radius 1 is 1.62 bits per heavy atom. The van der Waals surface area contributed by atoms with Crippen LogP contribution in [0.25, 0.3) is 0 Å². The Bertz CT molecular complexity index is 194. The lowest BCUT2D eigenvalue weighted by molar-refractivity contribution is -0.138. The highest BCUT2D eigenvalue weighted by atomic mass is 79.9. The molecule has 96 valence electrons. The molecule has 1 saturated heterocycles. The van der Waals surface area contributed by atoms with Crippen molar-refractivity contribution in [2.24, 2.45) is 0 Å². The standard InChI is InChI=1S/C8H15BrO2.C3H6O2/c1-6(9)4-7-5-10-8(2,3)11-7;1-2-5-3-4/h6-7H,4-5H2,1-3H3;3H,2H2,1H3. The summed E-state index contributed by atoms with van der Waals surface area (Å²) in [6.45, 7) is 9.41. The zero-order chi connectivity index (χ0) is 12.6. The van der Waals surface area contributed by atoms with Crippen molar-refractivity contribution in [2.45, 2.75) is 50.8 Å². The molecule has 1 fully saturated rings. The smallest absolute Gasteiger partial charge is 0.293 e. The molecule has 0 aromatic heterocycles. The van der Waals surface area contributed by atoms with Gasteiger partial charge in [-0.1, -0.05) is 22.9 Å². The van der Waals surface area contributed by atoms with Crippen LogP contribution in [-0.2, 0) is 19.0 Å². The summed E-state index contributed by atoms with van der Waals surface area (Å²) < 4.78 is 15.2. The molecule has 5 heteroatoms. The molecule has 2 unspecified atom stereocenters. The third-order valence-electron chi connectivity index (χ3n) is 1.89. The van der Waals surface area contributed by atoms with Gasteiger partial charge in [-0.05, 0) is 27.2 Å². The third-order valence-corrected chi connectivity index (χ3v) is 2.26.